The summed E-state index contributed by atoms with van der Waals surface area (Å²) in [5.41, 5.74) is 17.4. The van der Waals surface area contributed by atoms with Crippen molar-refractivity contribution >= 4 is 38.6 Å². The molecule has 0 N–H and O–H groups in total. The Balaban J connectivity index is 1.18. The van der Waals surface area contributed by atoms with Crippen molar-refractivity contribution in [3.8, 4) is 44.5 Å². The van der Waals surface area contributed by atoms with Crippen LogP contribution < -0.4 is 4.90 Å². The Kier molecular flexibility index (Phi) is 9.13. The van der Waals surface area contributed by atoms with Crippen LogP contribution in [-0.4, -0.2) is 0 Å². The van der Waals surface area contributed by atoms with Gasteiger partial charge in [-0.1, -0.05) is 224 Å². The topological polar surface area (TPSA) is 3.24 Å². The molecule has 64 heavy (non-hydrogen) atoms. The lowest BCUT2D eigenvalue weighted by atomic mass is 9.67. The van der Waals surface area contributed by atoms with Crippen LogP contribution >= 0.6 is 0 Å². The Morgan fingerprint density at radius 1 is 0.281 bits per heavy atom. The molecule has 0 radical (unpaired) electrons. The van der Waals surface area contributed by atoms with E-state index in [1.165, 1.54) is 82.7 Å². The standard InChI is InChI=1S/C63H43N/c1-4-19-44(20-5-1)48-25-16-30-52(42-48)64(53-39-40-57-56-32-14-15-35-59(56)63(60(57)43-53,50-26-6-2-7-27-50)51-28-8-3-9-29-51)61-36-18-33-55(49-38-37-45-21-10-11-23-47(45)41-49)62(61)58-34-17-24-46-22-12-13-31-54(46)58/h1-43H. The smallest absolute Gasteiger partial charge is 0.0714 e. The lowest BCUT2D eigenvalue weighted by molar-refractivity contribution is 0.768. The highest BCUT2D eigenvalue weighted by molar-refractivity contribution is 6.07. The Hall–Kier alpha value is -8.26. The number of nitrogens with zero attached hydrogens (tertiary/aromatic N) is 1. The summed E-state index contributed by atoms with van der Waals surface area (Å²) in [5, 5.41) is 4.88. The molecule has 300 valence electrons. The highest BCUT2D eigenvalue weighted by Crippen LogP contribution is 2.58. The summed E-state index contributed by atoms with van der Waals surface area (Å²) in [6, 6.07) is 96.1. The second kappa shape index (κ2) is 15.6. The van der Waals surface area contributed by atoms with Crippen LogP contribution in [0.2, 0.25) is 0 Å². The third kappa shape index (κ3) is 6.08. The first-order chi connectivity index (χ1) is 31.8. The van der Waals surface area contributed by atoms with E-state index in [0.29, 0.717) is 0 Å². The van der Waals surface area contributed by atoms with Gasteiger partial charge in [-0.2, -0.15) is 0 Å². The summed E-state index contributed by atoms with van der Waals surface area (Å²) in [6.45, 7) is 0. The van der Waals surface area contributed by atoms with E-state index in [1.807, 2.05) is 0 Å². The highest BCUT2D eigenvalue weighted by atomic mass is 15.1. The molecule has 1 aliphatic rings. The molecule has 0 amide bonds. The number of hydrogen-bond acceptors (Lipinski definition) is 1. The van der Waals surface area contributed by atoms with Gasteiger partial charge in [-0.05, 0) is 119 Å². The highest BCUT2D eigenvalue weighted by Gasteiger charge is 2.46. The zero-order chi connectivity index (χ0) is 42.5. The molecule has 1 nitrogen and oxygen atoms in total. The largest absolute Gasteiger partial charge is 0.310 e. The van der Waals surface area contributed by atoms with E-state index in [1.54, 1.807) is 0 Å². The first-order valence-corrected chi connectivity index (χ1v) is 22.2. The number of anilines is 3. The number of fused-ring (bicyclic) bond motifs is 5. The minimum Gasteiger partial charge on any atom is -0.310 e. The van der Waals surface area contributed by atoms with Gasteiger partial charge in [-0.25, -0.2) is 0 Å². The van der Waals surface area contributed by atoms with Gasteiger partial charge in [-0.15, -0.1) is 0 Å². The second-order valence-electron chi connectivity index (χ2n) is 16.8. The van der Waals surface area contributed by atoms with Crippen LogP contribution in [-0.2, 0) is 5.41 Å². The van der Waals surface area contributed by atoms with Crippen LogP contribution in [0.15, 0.2) is 261 Å². The molecule has 0 aromatic heterocycles. The fourth-order valence-corrected chi connectivity index (χ4v) is 10.5. The van der Waals surface area contributed by atoms with Crippen LogP contribution in [0.3, 0.4) is 0 Å². The van der Waals surface area contributed by atoms with Gasteiger partial charge in [0.25, 0.3) is 0 Å². The molecule has 1 heteroatoms. The molecule has 11 aromatic carbocycles. The van der Waals surface area contributed by atoms with Crippen molar-refractivity contribution in [3.05, 3.63) is 283 Å². The molecule has 0 spiro atoms. The molecule has 0 unspecified atom stereocenters. The predicted octanol–water partition coefficient (Wildman–Crippen LogP) is 16.8. The molecular weight excluding hydrogens is 771 g/mol. The van der Waals surface area contributed by atoms with Crippen LogP contribution in [0.4, 0.5) is 17.1 Å². The molecule has 0 aliphatic heterocycles. The Labute approximate surface area is 374 Å². The normalized spacial score (nSPS) is 12.5. The van der Waals surface area contributed by atoms with Crippen molar-refractivity contribution in [2.75, 3.05) is 4.90 Å². The molecule has 0 bridgehead atoms. The molecule has 0 heterocycles. The van der Waals surface area contributed by atoms with Crippen LogP contribution in [0.5, 0.6) is 0 Å². The van der Waals surface area contributed by atoms with Crippen LogP contribution in [0, 0.1) is 0 Å². The van der Waals surface area contributed by atoms with E-state index < -0.39 is 5.41 Å². The van der Waals surface area contributed by atoms with Crippen molar-refractivity contribution in [3.63, 3.8) is 0 Å². The Morgan fingerprint density at radius 3 is 1.64 bits per heavy atom. The summed E-state index contributed by atoms with van der Waals surface area (Å²) in [6.07, 6.45) is 0. The van der Waals surface area contributed by atoms with E-state index in [2.05, 4.69) is 266 Å². The van der Waals surface area contributed by atoms with Gasteiger partial charge in [0, 0.05) is 16.9 Å². The zero-order valence-electron chi connectivity index (χ0n) is 35.3. The fraction of sp³-hybridized carbons (Fsp3) is 0.0159. The van der Waals surface area contributed by atoms with Crippen LogP contribution in [0.1, 0.15) is 22.3 Å². The monoisotopic (exact) mass is 813 g/mol. The number of benzene rings is 11. The quantitative estimate of drug-likeness (QED) is 0.148. The number of hydrogen-bond donors (Lipinski definition) is 0. The van der Waals surface area contributed by atoms with E-state index in [9.17, 15) is 0 Å². The molecule has 1 aliphatic carbocycles. The van der Waals surface area contributed by atoms with E-state index >= 15 is 0 Å². The summed E-state index contributed by atoms with van der Waals surface area (Å²) >= 11 is 0. The van der Waals surface area contributed by atoms with Crippen LogP contribution in [0.25, 0.3) is 66.1 Å². The number of rotatable bonds is 8. The summed E-state index contributed by atoms with van der Waals surface area (Å²) in [4.78, 5) is 2.51. The molecule has 11 aromatic rings. The maximum absolute atomic E-state index is 2.51. The molecule has 12 rings (SSSR count). The molecule has 0 saturated carbocycles. The van der Waals surface area contributed by atoms with Gasteiger partial charge >= 0.3 is 0 Å². The van der Waals surface area contributed by atoms with Gasteiger partial charge < -0.3 is 4.90 Å². The van der Waals surface area contributed by atoms with Crippen molar-refractivity contribution in [1.29, 1.82) is 0 Å². The van der Waals surface area contributed by atoms with Gasteiger partial charge in [0.15, 0.2) is 0 Å². The van der Waals surface area contributed by atoms with Crippen molar-refractivity contribution < 1.29 is 0 Å². The lowest BCUT2D eigenvalue weighted by Gasteiger charge is -2.35. The van der Waals surface area contributed by atoms with Crippen molar-refractivity contribution in [2.45, 2.75) is 5.41 Å². The lowest BCUT2D eigenvalue weighted by Crippen LogP contribution is -2.28. The molecule has 0 fully saturated rings. The molecule has 0 saturated heterocycles. The van der Waals surface area contributed by atoms with E-state index in [0.717, 1.165) is 22.6 Å². The Bertz CT molecular complexity index is 3450. The SMILES string of the molecule is c1ccc(-c2cccc(N(c3ccc4c(c3)C(c3ccccc3)(c3ccccc3)c3ccccc3-4)c3cccc(-c4ccc5ccccc5c4)c3-c3cccc4ccccc34)c2)cc1. The molecular formula is C63H43N. The van der Waals surface area contributed by atoms with E-state index in [4.69, 9.17) is 0 Å². The minimum absolute atomic E-state index is 0.548. The van der Waals surface area contributed by atoms with Gasteiger partial charge in [0.05, 0.1) is 11.1 Å². The summed E-state index contributed by atoms with van der Waals surface area (Å²) < 4.78 is 0. The zero-order valence-corrected chi connectivity index (χ0v) is 35.3. The van der Waals surface area contributed by atoms with Crippen molar-refractivity contribution in [2.24, 2.45) is 0 Å². The molecule has 0 atom stereocenters. The second-order valence-corrected chi connectivity index (χ2v) is 16.8. The predicted molar refractivity (Wildman–Crippen MR) is 270 cm³/mol. The third-order valence-corrected chi connectivity index (χ3v) is 13.3. The maximum Gasteiger partial charge on any atom is 0.0714 e. The summed E-state index contributed by atoms with van der Waals surface area (Å²) in [7, 11) is 0. The fourth-order valence-electron chi connectivity index (χ4n) is 10.5. The average molecular weight is 814 g/mol. The van der Waals surface area contributed by atoms with Gasteiger partial charge in [0.2, 0.25) is 0 Å². The first-order valence-electron chi connectivity index (χ1n) is 22.2. The van der Waals surface area contributed by atoms with Crippen molar-refractivity contribution in [1.82, 2.24) is 0 Å². The maximum atomic E-state index is 2.51. The van der Waals surface area contributed by atoms with Gasteiger partial charge in [0.1, 0.15) is 0 Å². The average Bonchev–Trinajstić information content (AvgIpc) is 3.67. The first kappa shape index (κ1) is 37.5. The van der Waals surface area contributed by atoms with Gasteiger partial charge in [-0.3, -0.25) is 0 Å². The Morgan fingerprint density at radius 2 is 0.844 bits per heavy atom. The minimum atomic E-state index is -0.548. The van der Waals surface area contributed by atoms with E-state index in [-0.39, 0.29) is 0 Å². The summed E-state index contributed by atoms with van der Waals surface area (Å²) in [5.74, 6) is 0. The third-order valence-electron chi connectivity index (χ3n) is 13.3.